The molecule has 1 aromatic carbocycles. The molecule has 3 aromatic rings. The number of fused-ring (bicyclic) bond motifs is 1. The summed E-state index contributed by atoms with van der Waals surface area (Å²) in [5, 5.41) is 16.4. The number of benzene rings is 1. The van der Waals surface area contributed by atoms with Gasteiger partial charge in [-0.15, -0.1) is 0 Å². The Hall–Kier alpha value is -3.22. The second kappa shape index (κ2) is 6.59. The summed E-state index contributed by atoms with van der Waals surface area (Å²) < 4.78 is 14.7. The minimum Gasteiger partial charge on any atom is -0.481 e. The van der Waals surface area contributed by atoms with Crippen molar-refractivity contribution in [2.24, 2.45) is 0 Å². The van der Waals surface area contributed by atoms with Gasteiger partial charge in [0.15, 0.2) is 0 Å². The molecule has 2 N–H and O–H groups in total. The van der Waals surface area contributed by atoms with Crippen LogP contribution < -0.4 is 5.32 Å². The number of nitrogens with one attached hydrogen (secondary N) is 1. The van der Waals surface area contributed by atoms with Crippen molar-refractivity contribution in [1.29, 1.82) is 0 Å². The van der Waals surface area contributed by atoms with E-state index in [2.05, 4.69) is 10.4 Å². The van der Waals surface area contributed by atoms with Crippen LogP contribution in [0.2, 0.25) is 0 Å². The van der Waals surface area contributed by atoms with Crippen molar-refractivity contribution in [3.8, 4) is 0 Å². The molecule has 0 spiro atoms. The number of nitrogens with zero attached hydrogens (tertiary/aromatic N) is 2. The molecule has 0 fully saturated rings. The summed E-state index contributed by atoms with van der Waals surface area (Å²) >= 11 is 0. The molecule has 0 aliphatic carbocycles. The van der Waals surface area contributed by atoms with E-state index in [1.165, 1.54) is 37.4 Å². The fraction of sp³-hybridized carbons (Fsp3) is 0.211. The summed E-state index contributed by atoms with van der Waals surface area (Å²) in [6, 6.07) is 8.93. The number of rotatable bonds is 5. The molecule has 1 atom stereocenters. The van der Waals surface area contributed by atoms with Crippen LogP contribution in [0.3, 0.4) is 0 Å². The molecule has 0 radical (unpaired) electrons. The third-order valence-electron chi connectivity index (χ3n) is 4.48. The summed E-state index contributed by atoms with van der Waals surface area (Å²) in [5.41, 5.74) is 1.00. The van der Waals surface area contributed by atoms with Gasteiger partial charge in [0.05, 0.1) is 17.3 Å². The fourth-order valence-corrected chi connectivity index (χ4v) is 2.73. The Morgan fingerprint density at radius 3 is 2.62 bits per heavy atom. The number of halogens is 1. The van der Waals surface area contributed by atoms with E-state index >= 15 is 0 Å². The van der Waals surface area contributed by atoms with Gasteiger partial charge in [0.1, 0.15) is 11.2 Å². The molecule has 0 aliphatic rings. The summed E-state index contributed by atoms with van der Waals surface area (Å²) in [7, 11) is 0. The molecule has 0 saturated heterocycles. The summed E-state index contributed by atoms with van der Waals surface area (Å²) in [6.07, 6.45) is 3.20. The molecular weight excluding hydrogens is 337 g/mol. The number of aromatic nitrogens is 2. The Labute approximate surface area is 149 Å². The first-order chi connectivity index (χ1) is 12.3. The Bertz CT molecular complexity index is 981. The van der Waals surface area contributed by atoms with Crippen molar-refractivity contribution in [2.75, 3.05) is 6.54 Å². The van der Waals surface area contributed by atoms with E-state index in [1.807, 2.05) is 19.1 Å². The third kappa shape index (κ3) is 3.15. The van der Waals surface area contributed by atoms with E-state index in [1.54, 1.807) is 10.7 Å². The maximum Gasteiger partial charge on any atom is 0.315 e. The number of hydrogen-bond donors (Lipinski definition) is 2. The molecule has 1 amide bonds. The molecule has 6 nitrogen and oxygen atoms in total. The standard InChI is InChI=1S/C19H18FN3O3/c1-12-7-8-23-16(9-12)15(10-22-23)17(24)21-11-19(2,18(25)26)13-3-5-14(20)6-4-13/h3-10H,11H2,1-2H3,(H,21,24)(H,25,26). The van der Waals surface area contributed by atoms with Crippen LogP contribution in [0.25, 0.3) is 5.52 Å². The summed E-state index contributed by atoms with van der Waals surface area (Å²) in [6.45, 7) is 3.25. The minimum absolute atomic E-state index is 0.143. The van der Waals surface area contributed by atoms with E-state index in [0.29, 0.717) is 16.6 Å². The lowest BCUT2D eigenvalue weighted by Crippen LogP contribution is -2.44. The molecule has 0 bridgehead atoms. The highest BCUT2D eigenvalue weighted by Gasteiger charge is 2.36. The number of carboxylic acid groups (broad SMARTS) is 1. The van der Waals surface area contributed by atoms with Gasteiger partial charge in [-0.1, -0.05) is 12.1 Å². The van der Waals surface area contributed by atoms with Crippen molar-refractivity contribution >= 4 is 17.4 Å². The molecule has 7 heteroatoms. The van der Waals surface area contributed by atoms with Gasteiger partial charge in [-0.3, -0.25) is 9.59 Å². The van der Waals surface area contributed by atoms with E-state index in [0.717, 1.165) is 5.56 Å². The number of carboxylic acids is 1. The van der Waals surface area contributed by atoms with Gasteiger partial charge in [-0.2, -0.15) is 5.10 Å². The summed E-state index contributed by atoms with van der Waals surface area (Å²) in [5.74, 6) is -1.98. The lowest BCUT2D eigenvalue weighted by Gasteiger charge is -2.25. The zero-order chi connectivity index (χ0) is 18.9. The van der Waals surface area contributed by atoms with E-state index in [9.17, 15) is 19.1 Å². The number of pyridine rings is 1. The smallest absolute Gasteiger partial charge is 0.315 e. The third-order valence-corrected chi connectivity index (χ3v) is 4.48. The molecular formula is C19H18FN3O3. The van der Waals surface area contributed by atoms with Crippen molar-refractivity contribution in [3.05, 3.63) is 71.3 Å². The molecule has 134 valence electrons. The number of carbonyl (C=O) groups excluding carboxylic acids is 1. The van der Waals surface area contributed by atoms with Crippen LogP contribution in [-0.2, 0) is 10.2 Å². The number of hydrogen-bond acceptors (Lipinski definition) is 3. The molecule has 2 aromatic heterocycles. The maximum absolute atomic E-state index is 13.1. The number of amides is 1. The van der Waals surface area contributed by atoms with Gasteiger partial charge >= 0.3 is 5.97 Å². The van der Waals surface area contributed by atoms with Gasteiger partial charge in [-0.05, 0) is 49.2 Å². The maximum atomic E-state index is 13.1. The quantitative estimate of drug-likeness (QED) is 0.737. The predicted molar refractivity (Wildman–Crippen MR) is 93.7 cm³/mol. The molecule has 0 aliphatic heterocycles. The first-order valence-electron chi connectivity index (χ1n) is 8.03. The van der Waals surface area contributed by atoms with Crippen molar-refractivity contribution in [3.63, 3.8) is 0 Å². The first-order valence-corrected chi connectivity index (χ1v) is 8.03. The largest absolute Gasteiger partial charge is 0.481 e. The van der Waals surface area contributed by atoms with Crippen LogP contribution in [0.4, 0.5) is 4.39 Å². The Balaban J connectivity index is 1.84. The fourth-order valence-electron chi connectivity index (χ4n) is 2.73. The second-order valence-electron chi connectivity index (χ2n) is 6.42. The lowest BCUT2D eigenvalue weighted by atomic mass is 9.82. The predicted octanol–water partition coefficient (Wildman–Crippen LogP) is 2.55. The van der Waals surface area contributed by atoms with Crippen molar-refractivity contribution in [1.82, 2.24) is 14.9 Å². The van der Waals surface area contributed by atoms with Crippen molar-refractivity contribution in [2.45, 2.75) is 19.3 Å². The Morgan fingerprint density at radius 2 is 1.96 bits per heavy atom. The Kier molecular flexibility index (Phi) is 4.46. The van der Waals surface area contributed by atoms with Crippen LogP contribution in [0.1, 0.15) is 28.4 Å². The average molecular weight is 355 g/mol. The zero-order valence-corrected chi connectivity index (χ0v) is 14.4. The highest BCUT2D eigenvalue weighted by atomic mass is 19.1. The monoisotopic (exact) mass is 355 g/mol. The molecule has 3 rings (SSSR count). The van der Waals surface area contributed by atoms with Crippen LogP contribution in [0.5, 0.6) is 0 Å². The first kappa shape index (κ1) is 17.6. The van der Waals surface area contributed by atoms with Crippen molar-refractivity contribution < 1.29 is 19.1 Å². The second-order valence-corrected chi connectivity index (χ2v) is 6.42. The number of aryl methyl sites for hydroxylation is 1. The van der Waals surface area contributed by atoms with E-state index in [-0.39, 0.29) is 6.54 Å². The molecule has 26 heavy (non-hydrogen) atoms. The van der Waals surface area contributed by atoms with Crippen LogP contribution >= 0.6 is 0 Å². The number of aliphatic carboxylic acids is 1. The number of carbonyl (C=O) groups is 2. The normalized spacial score (nSPS) is 13.3. The summed E-state index contributed by atoms with van der Waals surface area (Å²) in [4.78, 5) is 24.4. The topological polar surface area (TPSA) is 83.7 Å². The van der Waals surface area contributed by atoms with Gasteiger partial charge in [0, 0.05) is 12.7 Å². The van der Waals surface area contributed by atoms with Gasteiger partial charge in [0.25, 0.3) is 5.91 Å². The SMILES string of the molecule is Cc1ccn2ncc(C(=O)NCC(C)(C(=O)O)c3ccc(F)cc3)c2c1. The van der Waals surface area contributed by atoms with Crippen LogP contribution in [0, 0.1) is 12.7 Å². The highest BCUT2D eigenvalue weighted by molar-refractivity contribution is 6.01. The molecule has 2 heterocycles. The Morgan fingerprint density at radius 1 is 1.27 bits per heavy atom. The van der Waals surface area contributed by atoms with Gasteiger partial charge in [-0.25, -0.2) is 8.91 Å². The molecule has 1 unspecified atom stereocenters. The van der Waals surface area contributed by atoms with Crippen LogP contribution in [-0.4, -0.2) is 33.1 Å². The van der Waals surface area contributed by atoms with Gasteiger partial charge < -0.3 is 10.4 Å². The van der Waals surface area contributed by atoms with E-state index in [4.69, 9.17) is 0 Å². The van der Waals surface area contributed by atoms with Gasteiger partial charge in [0.2, 0.25) is 0 Å². The van der Waals surface area contributed by atoms with E-state index < -0.39 is 23.1 Å². The minimum atomic E-state index is -1.39. The zero-order valence-electron chi connectivity index (χ0n) is 14.4. The van der Waals surface area contributed by atoms with Crippen LogP contribution in [0.15, 0.2) is 48.8 Å². The average Bonchev–Trinajstić information content (AvgIpc) is 3.02. The lowest BCUT2D eigenvalue weighted by molar-refractivity contribution is -0.142. The molecule has 0 saturated carbocycles. The highest BCUT2D eigenvalue weighted by Crippen LogP contribution is 2.24.